The van der Waals surface area contributed by atoms with Crippen molar-refractivity contribution < 1.29 is 71.3 Å². The number of nitrogens with two attached hydrogens (primary N) is 3. The van der Waals surface area contributed by atoms with Gasteiger partial charge in [0.15, 0.2) is 10.3 Å². The van der Waals surface area contributed by atoms with Crippen molar-refractivity contribution in [1.82, 2.24) is 81.6 Å². The Hall–Kier alpha value is -7.71. The van der Waals surface area contributed by atoms with Crippen LogP contribution < -0.4 is 83.2 Å². The number of aromatic nitrogens is 8. The molecule has 4 aromatic rings. The highest BCUT2D eigenvalue weighted by Gasteiger charge is 2.44. The van der Waals surface area contributed by atoms with Crippen molar-refractivity contribution in [2.45, 2.75) is 106 Å². The van der Waals surface area contributed by atoms with E-state index in [1.54, 1.807) is 0 Å². The summed E-state index contributed by atoms with van der Waals surface area (Å²) < 4.78 is 56.3. The van der Waals surface area contributed by atoms with Crippen LogP contribution in [-0.4, -0.2) is 312 Å². The number of thioether (sulfide) groups is 2. The molecule has 108 heavy (non-hydrogen) atoms. The summed E-state index contributed by atoms with van der Waals surface area (Å²) >= 11 is 6.07. The van der Waals surface area contributed by atoms with Crippen molar-refractivity contribution >= 4 is 112 Å². The number of piperazine rings is 2. The summed E-state index contributed by atoms with van der Waals surface area (Å²) in [5, 5.41) is 21.8. The average molecular weight is 1590 g/mol. The molecule has 37 nitrogen and oxygen atoms in total. The number of fused-ring (bicyclic) bond motifs is 2. The first-order chi connectivity index (χ1) is 52.6. The maximum absolute atomic E-state index is 12.1. The van der Waals surface area contributed by atoms with Crippen LogP contribution in [0.5, 0.6) is 23.5 Å². The van der Waals surface area contributed by atoms with Gasteiger partial charge in [-0.1, -0.05) is 19.4 Å². The number of rotatable bonds is 46. The van der Waals surface area contributed by atoms with E-state index in [1.165, 1.54) is 52.3 Å². The molecule has 0 saturated carbocycles. The van der Waals surface area contributed by atoms with Crippen molar-refractivity contribution in [3.63, 3.8) is 0 Å². The SMILES string of the molecule is C=CC(=O)Nc1cc(N)nc(Sc2c(OC)nc(N3CCN(CCOCCOCCOCCNC(=O)CCCCC4SCC5NC(=O)NC54)CC3)nc2OC)n1.COc1nc(N2CCN(CCOCCOCCOCCNC(=O)CCCCC3SCC4NC(=O)NC43)CC2)nc(OC)c1Sc1nc(N)cc(N)n1. The quantitative estimate of drug-likeness (QED) is 0.0130. The van der Waals surface area contributed by atoms with Gasteiger partial charge in [0.25, 0.3) is 0 Å². The van der Waals surface area contributed by atoms with Gasteiger partial charge in [0.05, 0.1) is 132 Å². The van der Waals surface area contributed by atoms with Crippen LogP contribution in [-0.2, 0) is 42.8 Å². The second kappa shape index (κ2) is 45.4. The number of amides is 7. The summed E-state index contributed by atoms with van der Waals surface area (Å²) in [6, 6.07) is 3.71. The van der Waals surface area contributed by atoms with E-state index in [4.69, 9.17) is 64.6 Å². The Morgan fingerprint density at radius 2 is 0.880 bits per heavy atom. The molecule has 6 fully saturated rings. The minimum absolute atomic E-state index is 0.0357. The number of hydrogen-bond acceptors (Lipinski definition) is 34. The van der Waals surface area contributed by atoms with E-state index in [2.05, 4.69) is 103 Å². The van der Waals surface area contributed by atoms with Gasteiger partial charge in [0.2, 0.25) is 53.1 Å². The lowest BCUT2D eigenvalue weighted by molar-refractivity contribution is -0.122. The zero-order valence-electron chi connectivity index (χ0n) is 61.8. The molecule has 0 aliphatic carbocycles. The summed E-state index contributed by atoms with van der Waals surface area (Å²) in [5.74, 6) is 4.77. The molecule has 6 aliphatic heterocycles. The molecular weight excluding hydrogens is 1480 g/mol. The first kappa shape index (κ1) is 84.3. The van der Waals surface area contributed by atoms with E-state index in [0.717, 1.165) is 120 Å². The predicted octanol–water partition coefficient (Wildman–Crippen LogP) is 1.77. The predicted molar refractivity (Wildman–Crippen MR) is 411 cm³/mol. The summed E-state index contributed by atoms with van der Waals surface area (Å²) in [6.45, 7) is 18.0. The third-order valence-corrected chi connectivity index (χ3v) is 22.7. The van der Waals surface area contributed by atoms with E-state index >= 15 is 0 Å². The fourth-order valence-electron chi connectivity index (χ4n) is 12.3. The van der Waals surface area contributed by atoms with Crippen LogP contribution in [0.25, 0.3) is 0 Å². The maximum atomic E-state index is 12.1. The number of urea groups is 2. The second-order valence-electron chi connectivity index (χ2n) is 25.4. The van der Waals surface area contributed by atoms with Crippen molar-refractivity contribution in [3.05, 3.63) is 24.8 Å². The third kappa shape index (κ3) is 27.4. The minimum atomic E-state index is -0.425. The van der Waals surface area contributed by atoms with Gasteiger partial charge in [-0.15, -0.1) is 0 Å². The van der Waals surface area contributed by atoms with E-state index < -0.39 is 5.91 Å². The number of carbonyl (C=O) groups excluding carboxylic acids is 5. The highest BCUT2D eigenvalue weighted by Crippen LogP contribution is 2.42. The molecule has 4 aromatic heterocycles. The van der Waals surface area contributed by atoms with Crippen molar-refractivity contribution in [3.8, 4) is 23.5 Å². The monoisotopic (exact) mass is 1580 g/mol. The Morgan fingerprint density at radius 1 is 0.509 bits per heavy atom. The van der Waals surface area contributed by atoms with Crippen LogP contribution in [0, 0.1) is 0 Å². The average Bonchev–Trinajstić information content (AvgIpc) is 1.40. The van der Waals surface area contributed by atoms with E-state index in [1.807, 2.05) is 23.5 Å². The molecule has 13 N–H and O–H groups in total. The number of ether oxygens (including phenoxy) is 10. The molecular formula is C67H104N22O15S4. The van der Waals surface area contributed by atoms with Crippen molar-refractivity contribution in [1.29, 1.82) is 0 Å². The lowest BCUT2D eigenvalue weighted by Gasteiger charge is -2.34. The smallest absolute Gasteiger partial charge is 0.315 e. The normalized spacial score (nSPS) is 19.6. The van der Waals surface area contributed by atoms with Gasteiger partial charge in [-0.05, 0) is 55.3 Å². The lowest BCUT2D eigenvalue weighted by atomic mass is 10.0. The molecule has 0 radical (unpaired) electrons. The number of hydrogen-bond donors (Lipinski definition) is 10. The molecule has 41 heteroatoms. The molecule has 6 saturated heterocycles. The van der Waals surface area contributed by atoms with Crippen LogP contribution in [0.4, 0.5) is 44.8 Å². The Balaban J connectivity index is 0.000000250. The van der Waals surface area contributed by atoms with Crippen molar-refractivity contribution in [2.75, 3.05) is 230 Å². The van der Waals surface area contributed by atoms with Crippen LogP contribution in [0.2, 0.25) is 0 Å². The fourth-order valence-corrected chi connectivity index (χ4v) is 17.2. The van der Waals surface area contributed by atoms with Crippen LogP contribution in [0.15, 0.2) is 44.9 Å². The molecule has 596 valence electrons. The second-order valence-corrected chi connectivity index (χ2v) is 29.9. The number of nitrogens with one attached hydrogen (secondary N) is 7. The highest BCUT2D eigenvalue weighted by atomic mass is 32.2. The third-order valence-electron chi connectivity index (χ3n) is 17.9. The molecule has 10 rings (SSSR count). The summed E-state index contributed by atoms with van der Waals surface area (Å²) in [5.41, 5.74) is 17.6. The van der Waals surface area contributed by atoms with Gasteiger partial charge in [0.1, 0.15) is 33.1 Å². The first-order valence-electron chi connectivity index (χ1n) is 36.2. The zero-order chi connectivity index (χ0) is 76.4. The number of unbranched alkanes of at least 4 members (excludes halogenated alkanes) is 2. The lowest BCUT2D eigenvalue weighted by Crippen LogP contribution is -2.48. The maximum Gasteiger partial charge on any atom is 0.315 e. The summed E-state index contributed by atoms with van der Waals surface area (Å²) in [7, 11) is 6.11. The Kier molecular flexibility index (Phi) is 35.5. The first-order valence-corrected chi connectivity index (χ1v) is 40.0. The molecule has 10 heterocycles. The Labute approximate surface area is 646 Å². The number of carbonyl (C=O) groups is 5. The van der Waals surface area contributed by atoms with E-state index in [-0.39, 0.29) is 76.5 Å². The van der Waals surface area contributed by atoms with E-state index in [0.29, 0.717) is 179 Å². The molecule has 6 aliphatic rings. The molecule has 0 aromatic carbocycles. The van der Waals surface area contributed by atoms with Gasteiger partial charge in [-0.25, -0.2) is 29.5 Å². The molecule has 6 unspecified atom stereocenters. The topological polar surface area (TPSA) is 456 Å². The summed E-state index contributed by atoms with van der Waals surface area (Å²) in [6.07, 6.45) is 7.76. The van der Waals surface area contributed by atoms with Gasteiger partial charge in [-0.3, -0.25) is 24.2 Å². The van der Waals surface area contributed by atoms with Crippen LogP contribution in [0.1, 0.15) is 51.4 Å². The Bertz CT molecular complexity index is 3450. The van der Waals surface area contributed by atoms with Gasteiger partial charge >= 0.3 is 12.1 Å². The number of nitrogens with zero attached hydrogens (tertiary/aromatic N) is 12. The minimum Gasteiger partial charge on any atom is -0.480 e. The van der Waals surface area contributed by atoms with Gasteiger partial charge < -0.3 is 112 Å². The highest BCUT2D eigenvalue weighted by molar-refractivity contribution is 8.00. The molecule has 6 atom stereocenters. The Morgan fingerprint density at radius 3 is 1.27 bits per heavy atom. The number of anilines is 6. The fraction of sp³-hybridized carbons (Fsp3) is 0.657. The molecule has 0 spiro atoms. The standard InChI is InChI=1S/C35H53N11O8S2.C32H51N11O7S2/c1-4-27(47)40-26-21-25(36)39-35(41-26)56-30-31(50-2)43-33(44-32(30)51-3)46-12-10-45(11-13-46)14-16-53-18-20-54-19-17-52-15-9-37-28(48)8-6-5-7-24-29-23(22-55-24)38-34(49)42-29;1-46-28-27(52-32-37-23(33)19-24(34)38-32)29(47-2)41-30(40-28)43-10-8-42(9-11-43)12-14-49-16-18-50-17-15-48-13-7-35-25(44)6-4-3-5-22-26-21(20-51-22)36-31(45)39-26/h4,21,23-24,29H,1,5-20,22H2,2-3H3,(H,37,48)(H2,38,42,49)(H3,36,39,40,41,47);19,21-22,26H,3-18,20H2,1-2H3,(H,35,44)(H2,36,39,45)(H4,33,34,37,38). The number of nitrogen functional groups attached to an aromatic ring is 3. The number of methoxy groups -OCH3 is 4. The molecule has 0 bridgehead atoms. The summed E-state index contributed by atoms with van der Waals surface area (Å²) in [4.78, 5) is 104. The zero-order valence-corrected chi connectivity index (χ0v) is 65.1. The molecule has 7 amide bonds. The van der Waals surface area contributed by atoms with E-state index in [9.17, 15) is 24.0 Å². The van der Waals surface area contributed by atoms with Crippen molar-refractivity contribution in [2.24, 2.45) is 0 Å². The largest absolute Gasteiger partial charge is 0.480 e. The van der Waals surface area contributed by atoms with Gasteiger partial charge in [0, 0.05) is 126 Å². The van der Waals surface area contributed by atoms with Gasteiger partial charge in [-0.2, -0.15) is 43.5 Å². The van der Waals surface area contributed by atoms with Crippen LogP contribution in [0.3, 0.4) is 0 Å². The van der Waals surface area contributed by atoms with Crippen LogP contribution >= 0.6 is 47.0 Å².